The van der Waals surface area contributed by atoms with Crippen molar-refractivity contribution < 1.29 is 21.9 Å². The Bertz CT molecular complexity index is 831. The molecule has 1 aromatic heterocycles. The second kappa shape index (κ2) is 7.47. The van der Waals surface area contributed by atoms with Gasteiger partial charge in [-0.2, -0.15) is 13.2 Å². The van der Waals surface area contributed by atoms with Crippen molar-refractivity contribution in [3.63, 3.8) is 0 Å². The van der Waals surface area contributed by atoms with Crippen molar-refractivity contribution in [1.82, 2.24) is 0 Å². The number of alkyl halides is 3. The summed E-state index contributed by atoms with van der Waals surface area (Å²) in [6.07, 6.45) is -4.06. The zero-order valence-electron chi connectivity index (χ0n) is 11.7. The monoisotopic (exact) mass is 394 g/mol. The molecule has 0 amide bonds. The number of thiophene rings is 1. The van der Waals surface area contributed by atoms with Gasteiger partial charge in [-0.3, -0.25) is 0 Å². The second-order valence-electron chi connectivity index (χ2n) is 4.41. The van der Waals surface area contributed by atoms with Crippen molar-refractivity contribution in [1.29, 1.82) is 0 Å². The summed E-state index contributed by atoms with van der Waals surface area (Å²) in [6.45, 7) is 0. The molecule has 1 aromatic carbocycles. The Hall–Kier alpha value is -1.68. The molecule has 2 aromatic rings. The molecule has 2 rings (SSSR count). The minimum atomic E-state index is -4.72. The lowest BCUT2D eigenvalue weighted by Gasteiger charge is -2.07. The Labute approximate surface area is 146 Å². The summed E-state index contributed by atoms with van der Waals surface area (Å²) in [4.78, 5) is 4.36. The molecule has 3 N–H and O–H groups in total. The summed E-state index contributed by atoms with van der Waals surface area (Å²) in [5.74, 6) is 0. The number of halogens is 4. The molecule has 10 heteroatoms. The molecule has 4 nitrogen and oxygen atoms in total. The van der Waals surface area contributed by atoms with E-state index in [1.165, 1.54) is 24.3 Å². The van der Waals surface area contributed by atoms with Crippen LogP contribution in [0, 0.1) is 0 Å². The van der Waals surface area contributed by atoms with Crippen LogP contribution >= 0.6 is 22.9 Å². The van der Waals surface area contributed by atoms with E-state index in [-0.39, 0.29) is 25.5 Å². The van der Waals surface area contributed by atoms with Crippen LogP contribution in [-0.2, 0) is 11.1 Å². The molecular formula is C14H10ClF3N2O2S2. The molecule has 0 spiro atoms. The van der Waals surface area contributed by atoms with E-state index in [0.29, 0.717) is 6.08 Å². The maximum absolute atomic E-state index is 12.7. The molecule has 0 saturated heterocycles. The first-order valence-electron chi connectivity index (χ1n) is 6.27. The van der Waals surface area contributed by atoms with E-state index in [0.717, 1.165) is 11.3 Å². The molecular weight excluding hydrogens is 385 g/mol. The third-order valence-electron chi connectivity index (χ3n) is 2.72. The quantitative estimate of drug-likeness (QED) is 0.591. The molecule has 24 heavy (non-hydrogen) atoms. The molecule has 0 saturated carbocycles. The fraction of sp³-hybridized carbons (Fsp3) is 0.0714. The molecule has 1 unspecified atom stereocenters. The average Bonchev–Trinajstić information content (AvgIpc) is 2.97. The molecule has 1 atom stereocenters. The van der Waals surface area contributed by atoms with Crippen LogP contribution in [-0.4, -0.2) is 20.6 Å². The highest BCUT2D eigenvalue weighted by molar-refractivity contribution is 7.81. The van der Waals surface area contributed by atoms with E-state index in [1.807, 2.05) is 0 Å². The summed E-state index contributed by atoms with van der Waals surface area (Å²) >= 11 is 4.56. The van der Waals surface area contributed by atoms with E-state index in [2.05, 4.69) is 4.99 Å². The highest BCUT2D eigenvalue weighted by atomic mass is 35.5. The van der Waals surface area contributed by atoms with Gasteiger partial charge in [0, 0.05) is 0 Å². The van der Waals surface area contributed by atoms with Crippen LogP contribution in [0.5, 0.6) is 0 Å². The Morgan fingerprint density at radius 3 is 2.50 bits per heavy atom. The number of hydrogen-bond donors (Lipinski definition) is 2. The minimum absolute atomic E-state index is 0.0795. The van der Waals surface area contributed by atoms with Crippen LogP contribution in [0.25, 0.3) is 0 Å². The van der Waals surface area contributed by atoms with Crippen LogP contribution in [0.2, 0.25) is 5.02 Å². The maximum atomic E-state index is 12.7. The third kappa shape index (κ3) is 4.67. The van der Waals surface area contributed by atoms with Crippen molar-refractivity contribution in [3.05, 3.63) is 58.1 Å². The minimum Gasteiger partial charge on any atom is -0.395 e. The lowest BCUT2D eigenvalue weighted by atomic mass is 10.2. The summed E-state index contributed by atoms with van der Waals surface area (Å²) in [7, 11) is 0. The normalized spacial score (nSPS) is 14.7. The number of hydrogen-bond acceptors (Lipinski definition) is 4. The van der Waals surface area contributed by atoms with E-state index in [1.54, 1.807) is 12.1 Å². The molecule has 128 valence electrons. The van der Waals surface area contributed by atoms with Crippen molar-refractivity contribution >= 4 is 45.4 Å². The van der Waals surface area contributed by atoms with Gasteiger partial charge in [-0.25, -0.2) is 9.20 Å². The fourth-order valence-corrected chi connectivity index (χ4v) is 3.23. The largest absolute Gasteiger partial charge is 0.430 e. The zero-order chi connectivity index (χ0) is 17.9. The zero-order valence-corrected chi connectivity index (χ0v) is 14.1. The van der Waals surface area contributed by atoms with Crippen LogP contribution in [0.3, 0.4) is 0 Å². The predicted octanol–water partition coefficient (Wildman–Crippen LogP) is 4.51. The van der Waals surface area contributed by atoms with Gasteiger partial charge in [-0.15, -0.1) is 11.3 Å². The first-order valence-corrected chi connectivity index (χ1v) is 8.57. The number of nitrogens with zero attached hydrogens (tertiary/aromatic N) is 1. The van der Waals surface area contributed by atoms with Gasteiger partial charge in [0.05, 0.1) is 21.3 Å². The third-order valence-corrected chi connectivity index (χ3v) is 5.10. The molecule has 0 aliphatic heterocycles. The lowest BCUT2D eigenvalue weighted by molar-refractivity contribution is -0.0925. The second-order valence-corrected chi connectivity index (χ2v) is 7.10. The van der Waals surface area contributed by atoms with Crippen molar-refractivity contribution in [2.24, 2.45) is 10.7 Å². The number of rotatable bonds is 4. The SMILES string of the molecule is N/C(=C\C(=Nc1ccccc1Cl)c1ccc(S(=O)O)s1)C(F)(F)F. The summed E-state index contributed by atoms with van der Waals surface area (Å²) < 4.78 is 58.4. The van der Waals surface area contributed by atoms with Crippen LogP contribution < -0.4 is 5.73 Å². The van der Waals surface area contributed by atoms with Gasteiger partial charge in [0.2, 0.25) is 0 Å². The van der Waals surface area contributed by atoms with Crippen LogP contribution in [0.15, 0.2) is 57.4 Å². The van der Waals surface area contributed by atoms with E-state index < -0.39 is 23.0 Å². The van der Waals surface area contributed by atoms with Gasteiger partial charge < -0.3 is 10.3 Å². The van der Waals surface area contributed by atoms with Gasteiger partial charge in [0.25, 0.3) is 0 Å². The highest BCUT2D eigenvalue weighted by Crippen LogP contribution is 2.29. The van der Waals surface area contributed by atoms with Crippen LogP contribution in [0.1, 0.15) is 4.88 Å². The Morgan fingerprint density at radius 2 is 1.96 bits per heavy atom. The van der Waals surface area contributed by atoms with Gasteiger partial charge in [0.15, 0.2) is 11.1 Å². The van der Waals surface area contributed by atoms with Crippen LogP contribution in [0.4, 0.5) is 18.9 Å². The Morgan fingerprint density at radius 1 is 1.29 bits per heavy atom. The van der Waals surface area contributed by atoms with Gasteiger partial charge >= 0.3 is 6.18 Å². The summed E-state index contributed by atoms with van der Waals surface area (Å²) in [5, 5.41) is 0.247. The number of benzene rings is 1. The number of aliphatic imine (C=N–C) groups is 1. The summed E-state index contributed by atoms with van der Waals surface area (Å²) in [5.41, 5.74) is 3.86. The number of nitrogens with two attached hydrogens (primary N) is 1. The smallest absolute Gasteiger partial charge is 0.395 e. The highest BCUT2D eigenvalue weighted by Gasteiger charge is 2.32. The molecule has 0 aliphatic rings. The molecule has 0 bridgehead atoms. The fourth-order valence-electron chi connectivity index (χ4n) is 1.61. The van der Waals surface area contributed by atoms with Gasteiger partial charge in [0.1, 0.15) is 9.91 Å². The van der Waals surface area contributed by atoms with E-state index in [9.17, 15) is 17.4 Å². The first-order chi connectivity index (χ1) is 11.2. The maximum Gasteiger partial charge on any atom is 0.430 e. The molecule has 0 aliphatic carbocycles. The molecule has 1 heterocycles. The van der Waals surface area contributed by atoms with Crippen molar-refractivity contribution in [3.8, 4) is 0 Å². The Balaban J connectivity index is 2.57. The topological polar surface area (TPSA) is 75.7 Å². The Kier molecular flexibility index (Phi) is 5.81. The number of allylic oxidation sites excluding steroid dienone is 2. The standard InChI is InChI=1S/C14H10ClF3N2O2S2/c15-8-3-1-2-4-9(8)20-10(7-12(19)14(16,17)18)11-5-6-13(23-11)24(21)22/h1-7H,19H2,(H,21,22)/b12-7-,20-10?. The summed E-state index contributed by atoms with van der Waals surface area (Å²) in [6, 6.07) is 9.07. The van der Waals surface area contributed by atoms with Gasteiger partial charge in [-0.05, 0) is 30.3 Å². The lowest BCUT2D eigenvalue weighted by Crippen LogP contribution is -2.20. The van der Waals surface area contributed by atoms with Crippen molar-refractivity contribution in [2.75, 3.05) is 0 Å². The average molecular weight is 395 g/mol. The van der Waals surface area contributed by atoms with Gasteiger partial charge in [-0.1, -0.05) is 23.7 Å². The molecule has 0 fully saturated rings. The van der Waals surface area contributed by atoms with E-state index in [4.69, 9.17) is 21.9 Å². The first kappa shape index (κ1) is 18.7. The van der Waals surface area contributed by atoms with E-state index >= 15 is 0 Å². The molecule has 0 radical (unpaired) electrons. The number of para-hydroxylation sites is 1. The predicted molar refractivity (Wildman–Crippen MR) is 89.3 cm³/mol. The van der Waals surface area contributed by atoms with Crippen molar-refractivity contribution in [2.45, 2.75) is 10.4 Å².